The summed E-state index contributed by atoms with van der Waals surface area (Å²) in [5.41, 5.74) is 6.00. The molecule has 0 bridgehead atoms. The lowest BCUT2D eigenvalue weighted by Crippen LogP contribution is -2.54. The number of carbonyl (C=O) groups excluding carboxylic acids is 5. The summed E-state index contributed by atoms with van der Waals surface area (Å²) in [7, 11) is 1.87. The summed E-state index contributed by atoms with van der Waals surface area (Å²) in [6, 6.07) is 12.0. The molecular formula is C42H42N10O5S. The van der Waals surface area contributed by atoms with E-state index in [0.717, 1.165) is 93.6 Å². The van der Waals surface area contributed by atoms with E-state index in [1.54, 1.807) is 35.7 Å². The van der Waals surface area contributed by atoms with Crippen molar-refractivity contribution in [3.8, 4) is 34.3 Å². The summed E-state index contributed by atoms with van der Waals surface area (Å²) in [6.45, 7) is 0.547. The fourth-order valence-corrected chi connectivity index (χ4v) is 9.05. The van der Waals surface area contributed by atoms with E-state index in [1.807, 2.05) is 42.0 Å². The molecule has 16 heteroatoms. The van der Waals surface area contributed by atoms with Crippen molar-refractivity contribution in [1.29, 1.82) is 0 Å². The van der Waals surface area contributed by atoms with E-state index >= 15 is 0 Å². The van der Waals surface area contributed by atoms with Gasteiger partial charge in [-0.1, -0.05) is 29.7 Å². The number of nitrogens with one attached hydrogen (secondary N) is 4. The number of aromatic nitrogens is 5. The van der Waals surface area contributed by atoms with Gasteiger partial charge < -0.3 is 16.0 Å². The zero-order valence-electron chi connectivity index (χ0n) is 31.9. The van der Waals surface area contributed by atoms with Crippen molar-refractivity contribution in [3.05, 3.63) is 76.6 Å². The summed E-state index contributed by atoms with van der Waals surface area (Å²) < 4.78 is 1.82. The van der Waals surface area contributed by atoms with Gasteiger partial charge in [0.2, 0.25) is 17.7 Å². The highest BCUT2D eigenvalue weighted by Gasteiger charge is 2.45. The molecule has 0 spiro atoms. The molecule has 4 aromatic heterocycles. The predicted octanol–water partition coefficient (Wildman–Crippen LogP) is 5.15. The van der Waals surface area contributed by atoms with Crippen molar-refractivity contribution in [3.63, 3.8) is 0 Å². The number of nitrogens with zero attached hydrogens (tertiary/aromatic N) is 6. The van der Waals surface area contributed by atoms with Crippen LogP contribution in [0, 0.1) is 12.3 Å². The molecule has 4 N–H and O–H groups in total. The summed E-state index contributed by atoms with van der Waals surface area (Å²) in [5.74, 6) is 0.823. The Labute approximate surface area is 338 Å². The smallest absolute Gasteiger partial charge is 0.264 e. The van der Waals surface area contributed by atoms with E-state index in [9.17, 15) is 24.0 Å². The fourth-order valence-electron chi connectivity index (χ4n) is 8.01. The summed E-state index contributed by atoms with van der Waals surface area (Å²) in [4.78, 5) is 69.0. The number of imide groups is 2. The van der Waals surface area contributed by atoms with Gasteiger partial charge in [0.05, 0.1) is 39.8 Å². The van der Waals surface area contributed by atoms with E-state index in [0.29, 0.717) is 18.7 Å². The van der Waals surface area contributed by atoms with Crippen LogP contribution in [0.5, 0.6) is 0 Å². The van der Waals surface area contributed by atoms with Crippen LogP contribution in [0.1, 0.15) is 101 Å². The molecular weight excluding hydrogens is 757 g/mol. The number of carbonyl (C=O) groups is 5. The normalized spacial score (nSPS) is 19.2. The second-order valence-electron chi connectivity index (χ2n) is 14.8. The number of fused-ring (bicyclic) bond motifs is 2. The molecule has 2 aliphatic heterocycles. The molecule has 1 atom stereocenters. The molecule has 296 valence electrons. The number of unbranched alkanes of at least 4 members (excludes halogenated alkanes) is 2. The molecule has 5 amide bonds. The van der Waals surface area contributed by atoms with Crippen molar-refractivity contribution in [1.82, 2.24) is 40.3 Å². The predicted molar refractivity (Wildman–Crippen MR) is 218 cm³/mol. The third-order valence-electron chi connectivity index (χ3n) is 11.1. The number of hydrogen-bond acceptors (Lipinski definition) is 12. The van der Waals surface area contributed by atoms with Crippen molar-refractivity contribution in [2.45, 2.75) is 82.2 Å². The fraction of sp³-hybridized carbons (Fsp3) is 0.357. The van der Waals surface area contributed by atoms with Crippen LogP contribution in [0.25, 0.3) is 27.5 Å². The van der Waals surface area contributed by atoms with Gasteiger partial charge in [0, 0.05) is 61.5 Å². The van der Waals surface area contributed by atoms with Crippen LogP contribution in [0.2, 0.25) is 0 Å². The first-order valence-corrected chi connectivity index (χ1v) is 20.4. The second kappa shape index (κ2) is 16.6. The minimum atomic E-state index is -1.01. The molecule has 1 unspecified atom stereocenters. The number of terminal acetylenes is 1. The van der Waals surface area contributed by atoms with Crippen LogP contribution < -0.4 is 21.3 Å². The molecule has 6 heterocycles. The zero-order chi connectivity index (χ0) is 40.3. The molecule has 15 nitrogen and oxygen atoms in total. The van der Waals surface area contributed by atoms with Gasteiger partial charge in [-0.2, -0.15) is 5.10 Å². The third kappa shape index (κ3) is 7.64. The second-order valence-corrected chi connectivity index (χ2v) is 15.8. The maximum absolute atomic E-state index is 13.3. The number of rotatable bonds is 13. The summed E-state index contributed by atoms with van der Waals surface area (Å²) in [5, 5.41) is 27.4. The van der Waals surface area contributed by atoms with Crippen molar-refractivity contribution < 1.29 is 24.0 Å². The molecule has 1 saturated heterocycles. The number of amides is 5. The summed E-state index contributed by atoms with van der Waals surface area (Å²) in [6.07, 6.45) is 15.5. The van der Waals surface area contributed by atoms with Gasteiger partial charge in [-0.05, 0) is 81.3 Å². The SMILES string of the molecule is C#Cc1cnn2c(-c3cc(NC)c(-c4nnc(C5CCC(NC(=O)CCCCCNc6cccc7c6C(=O)N(C6CCC(=O)NC6=O)C7=O)CC5)s4)cn3)ccc2c1. The monoisotopic (exact) mass is 798 g/mol. The van der Waals surface area contributed by atoms with Crippen molar-refractivity contribution in [2.75, 3.05) is 24.2 Å². The molecule has 5 aromatic rings. The van der Waals surface area contributed by atoms with Gasteiger partial charge in [0.1, 0.15) is 11.0 Å². The van der Waals surface area contributed by atoms with Gasteiger partial charge in [0.25, 0.3) is 11.8 Å². The van der Waals surface area contributed by atoms with Gasteiger partial charge in [-0.25, -0.2) is 4.52 Å². The Bertz CT molecular complexity index is 2480. The molecule has 58 heavy (non-hydrogen) atoms. The highest BCUT2D eigenvalue weighted by molar-refractivity contribution is 7.14. The maximum atomic E-state index is 13.3. The number of piperidine rings is 1. The largest absolute Gasteiger partial charge is 0.387 e. The first-order chi connectivity index (χ1) is 28.2. The first-order valence-electron chi connectivity index (χ1n) is 19.6. The maximum Gasteiger partial charge on any atom is 0.264 e. The number of benzene rings is 1. The number of hydrogen-bond donors (Lipinski definition) is 4. The average molecular weight is 799 g/mol. The minimum absolute atomic E-state index is 0.0462. The summed E-state index contributed by atoms with van der Waals surface area (Å²) >= 11 is 1.59. The van der Waals surface area contributed by atoms with Crippen LogP contribution in [0.4, 0.5) is 11.4 Å². The third-order valence-corrected chi connectivity index (χ3v) is 12.2. The number of pyridine rings is 1. The van der Waals surface area contributed by atoms with Gasteiger partial charge in [-0.15, -0.1) is 16.6 Å². The standard InChI is InChI=1S/C42H42N10O5S/c1-3-24-20-27-15-16-33(52(27)46-22-24)32-21-31(43-2)29(23-45-32)40-50-49-39(58-40)25-11-13-26(14-12-25)47-35(53)10-5-4-6-19-44-30-9-7-8-28-37(30)42(57)51(41(28)56)34-17-18-36(54)48-38(34)55/h1,7-9,15-16,20-23,25-26,34,44H,4-6,10-14,17-19H2,2H3,(H,43,45)(H,47,53)(H,48,54,55). The average Bonchev–Trinajstić information content (AvgIpc) is 3.96. The van der Waals surface area contributed by atoms with Gasteiger partial charge in [0.15, 0.2) is 5.01 Å². The lowest BCUT2D eigenvalue weighted by Gasteiger charge is -2.27. The molecule has 8 rings (SSSR count). The van der Waals surface area contributed by atoms with E-state index < -0.39 is 29.7 Å². The van der Waals surface area contributed by atoms with E-state index in [2.05, 4.69) is 42.5 Å². The Morgan fingerprint density at radius 1 is 0.948 bits per heavy atom. The van der Waals surface area contributed by atoms with Crippen molar-refractivity contribution >= 4 is 57.8 Å². The molecule has 1 saturated carbocycles. The highest BCUT2D eigenvalue weighted by atomic mass is 32.1. The molecule has 1 aromatic carbocycles. The van der Waals surface area contributed by atoms with E-state index in [4.69, 9.17) is 11.4 Å². The Morgan fingerprint density at radius 3 is 2.59 bits per heavy atom. The number of anilines is 2. The van der Waals surface area contributed by atoms with E-state index in [1.165, 1.54) is 0 Å². The van der Waals surface area contributed by atoms with Crippen molar-refractivity contribution in [2.24, 2.45) is 0 Å². The Hall–Kier alpha value is -6.47. The van der Waals surface area contributed by atoms with Crippen LogP contribution in [-0.4, -0.2) is 84.9 Å². The Kier molecular flexibility index (Phi) is 11.0. The molecule has 1 aliphatic carbocycles. The van der Waals surface area contributed by atoms with Crippen LogP contribution in [-0.2, 0) is 14.4 Å². The van der Waals surface area contributed by atoms with Crippen LogP contribution >= 0.6 is 11.3 Å². The lowest BCUT2D eigenvalue weighted by molar-refractivity contribution is -0.136. The van der Waals surface area contributed by atoms with Crippen LogP contribution in [0.3, 0.4) is 0 Å². The minimum Gasteiger partial charge on any atom is -0.387 e. The lowest BCUT2D eigenvalue weighted by atomic mass is 9.86. The molecule has 3 aliphatic rings. The van der Waals surface area contributed by atoms with E-state index in [-0.39, 0.29) is 41.8 Å². The first kappa shape index (κ1) is 38.4. The zero-order valence-corrected chi connectivity index (χ0v) is 32.7. The quantitative estimate of drug-likeness (QED) is 0.0700. The molecule has 2 fully saturated rings. The highest BCUT2D eigenvalue weighted by Crippen LogP contribution is 2.39. The Balaban J connectivity index is 0.772. The molecule has 0 radical (unpaired) electrons. The topological polar surface area (TPSA) is 193 Å². The Morgan fingerprint density at radius 2 is 1.79 bits per heavy atom. The van der Waals surface area contributed by atoms with Gasteiger partial charge >= 0.3 is 0 Å². The van der Waals surface area contributed by atoms with Crippen LogP contribution in [0.15, 0.2) is 54.9 Å². The van der Waals surface area contributed by atoms with Gasteiger partial charge in [-0.3, -0.25) is 39.2 Å².